The highest BCUT2D eigenvalue weighted by Crippen LogP contribution is 2.46. The number of piperidine rings is 1. The summed E-state index contributed by atoms with van der Waals surface area (Å²) in [7, 11) is 0. The lowest BCUT2D eigenvalue weighted by Crippen LogP contribution is -2.59. The van der Waals surface area contributed by atoms with E-state index in [-0.39, 0.29) is 16.0 Å². The van der Waals surface area contributed by atoms with Crippen LogP contribution in [0.3, 0.4) is 0 Å². The first-order valence-electron chi connectivity index (χ1n) is 10.4. The average molecular weight is 426 g/mol. The third-order valence-electron chi connectivity index (χ3n) is 7.04. The van der Waals surface area contributed by atoms with Crippen molar-refractivity contribution < 1.29 is 9.44 Å². The summed E-state index contributed by atoms with van der Waals surface area (Å²) in [6.07, 6.45) is 6.74. The van der Waals surface area contributed by atoms with Crippen molar-refractivity contribution in [1.82, 2.24) is 4.90 Å². The number of hydrogen-bond acceptors (Lipinski definition) is 3. The molecule has 1 saturated carbocycles. The molecule has 0 unspecified atom stereocenters. The van der Waals surface area contributed by atoms with Gasteiger partial charge in [-0.3, -0.25) is 4.79 Å². The molecule has 0 N–H and O–H groups in total. The van der Waals surface area contributed by atoms with Gasteiger partial charge in [0.1, 0.15) is 0 Å². The average Bonchev–Trinajstić information content (AvgIpc) is 3.12. The highest BCUT2D eigenvalue weighted by Gasteiger charge is 2.41. The van der Waals surface area contributed by atoms with Crippen molar-refractivity contribution in [2.75, 3.05) is 50.7 Å². The van der Waals surface area contributed by atoms with Gasteiger partial charge in [0.2, 0.25) is 5.91 Å². The number of quaternary nitrogens is 1. The summed E-state index contributed by atoms with van der Waals surface area (Å²) < 4.78 is -0.233. The van der Waals surface area contributed by atoms with Crippen molar-refractivity contribution in [3.8, 4) is 0 Å². The number of halogens is 2. The lowest BCUT2D eigenvalue weighted by molar-refractivity contribution is -0.880. The van der Waals surface area contributed by atoms with Crippen LogP contribution >= 0.6 is 23.2 Å². The van der Waals surface area contributed by atoms with E-state index in [1.54, 1.807) is 12.1 Å². The van der Waals surface area contributed by atoms with Gasteiger partial charge in [0.05, 0.1) is 50.0 Å². The number of benzene rings is 1. The summed E-state index contributed by atoms with van der Waals surface area (Å²) in [5.41, 5.74) is 1.17. The predicted molar refractivity (Wildman–Crippen MR) is 114 cm³/mol. The molecule has 154 valence electrons. The maximum atomic E-state index is 13.2. The topological polar surface area (TPSA) is 46.6 Å². The second-order valence-electron chi connectivity index (χ2n) is 8.83. The van der Waals surface area contributed by atoms with Crippen molar-refractivity contribution in [2.45, 2.75) is 38.5 Å². The quantitative estimate of drug-likeness (QED) is 0.533. The zero-order chi connectivity index (χ0) is 19.8. The van der Waals surface area contributed by atoms with Crippen LogP contribution in [0.2, 0.25) is 10.0 Å². The Hall–Kier alpha value is -1.01. The molecule has 2 saturated heterocycles. The number of nitrogens with zero attached hydrogens (tertiary/aromatic N) is 3. The molecular formula is C21H29Cl2N3O2. The fourth-order valence-corrected chi connectivity index (χ4v) is 5.53. The normalized spacial score (nSPS) is 24.2. The number of rotatable bonds is 4. The van der Waals surface area contributed by atoms with Crippen molar-refractivity contribution in [3.05, 3.63) is 33.5 Å². The van der Waals surface area contributed by atoms with Crippen molar-refractivity contribution in [2.24, 2.45) is 5.41 Å². The Morgan fingerprint density at radius 1 is 1.07 bits per heavy atom. The van der Waals surface area contributed by atoms with E-state index in [9.17, 15) is 10.0 Å². The molecule has 28 heavy (non-hydrogen) atoms. The minimum atomic E-state index is -0.233. The number of carbonyl (C=O) groups excluding carboxylic acids is 1. The second kappa shape index (κ2) is 8.02. The van der Waals surface area contributed by atoms with Crippen LogP contribution in [0.5, 0.6) is 0 Å². The van der Waals surface area contributed by atoms with Crippen LogP contribution in [0.15, 0.2) is 18.2 Å². The highest BCUT2D eigenvalue weighted by atomic mass is 35.5. The van der Waals surface area contributed by atoms with Crippen LogP contribution in [0, 0.1) is 10.6 Å². The molecule has 1 aromatic carbocycles. The summed E-state index contributed by atoms with van der Waals surface area (Å²) in [6.45, 7) is 4.21. The van der Waals surface area contributed by atoms with Gasteiger partial charge in [0.25, 0.3) is 0 Å². The maximum absolute atomic E-state index is 13.2. The Balaban J connectivity index is 1.29. The van der Waals surface area contributed by atoms with E-state index in [0.29, 0.717) is 55.7 Å². The largest absolute Gasteiger partial charge is 0.633 e. The number of carbonyl (C=O) groups is 1. The van der Waals surface area contributed by atoms with E-state index in [4.69, 9.17) is 23.2 Å². The fourth-order valence-electron chi connectivity index (χ4n) is 5.13. The molecule has 3 fully saturated rings. The zero-order valence-electron chi connectivity index (χ0n) is 16.3. The molecule has 4 rings (SSSR count). The first kappa shape index (κ1) is 20.3. The lowest BCUT2D eigenvalue weighted by Gasteiger charge is -2.50. The van der Waals surface area contributed by atoms with Gasteiger partial charge in [-0.05, 0) is 42.9 Å². The van der Waals surface area contributed by atoms with Gasteiger partial charge >= 0.3 is 0 Å². The number of hydroxylamine groups is 3. The number of likely N-dealkylation sites (tertiary alicyclic amines) is 1. The van der Waals surface area contributed by atoms with Gasteiger partial charge in [0.15, 0.2) is 0 Å². The number of amides is 1. The monoisotopic (exact) mass is 425 g/mol. The molecule has 1 aromatic rings. The van der Waals surface area contributed by atoms with E-state index >= 15 is 0 Å². The molecular weight excluding hydrogens is 397 g/mol. The molecule has 1 amide bonds. The molecule has 0 aromatic heterocycles. The zero-order valence-corrected chi connectivity index (χ0v) is 17.9. The van der Waals surface area contributed by atoms with Crippen molar-refractivity contribution in [3.63, 3.8) is 0 Å². The third kappa shape index (κ3) is 4.28. The summed E-state index contributed by atoms with van der Waals surface area (Å²) in [4.78, 5) is 16.7. The fraction of sp³-hybridized carbons (Fsp3) is 0.667. The molecule has 2 heterocycles. The second-order valence-corrected chi connectivity index (χ2v) is 9.67. The Morgan fingerprint density at radius 2 is 1.79 bits per heavy atom. The lowest BCUT2D eigenvalue weighted by atomic mass is 9.77. The van der Waals surface area contributed by atoms with E-state index in [1.165, 1.54) is 25.7 Å². The smallest absolute Gasteiger partial charge is 0.223 e. The first-order valence-corrected chi connectivity index (χ1v) is 11.2. The van der Waals surface area contributed by atoms with Gasteiger partial charge in [-0.2, -0.15) is 0 Å². The van der Waals surface area contributed by atoms with E-state index in [1.807, 2.05) is 11.0 Å². The van der Waals surface area contributed by atoms with Crippen molar-refractivity contribution >= 4 is 34.8 Å². The Morgan fingerprint density at radius 3 is 2.46 bits per heavy atom. The van der Waals surface area contributed by atoms with Gasteiger partial charge < -0.3 is 19.7 Å². The van der Waals surface area contributed by atoms with Gasteiger partial charge in [-0.15, -0.1) is 0 Å². The first-order chi connectivity index (χ1) is 13.4. The number of hydrogen-bond donors (Lipinski definition) is 0. The standard InChI is InChI=1S/C21H29Cl2N3O2/c22-17-3-4-18(23)19(15-17)24-9-12-26(28,13-10-24)14-11-25-8-7-21(16-20(25)27)5-1-2-6-21/h3-4,15H,1-2,5-14,16H2. The molecule has 5 nitrogen and oxygen atoms in total. The van der Waals surface area contributed by atoms with Gasteiger partial charge in [0, 0.05) is 18.0 Å². The summed E-state index contributed by atoms with van der Waals surface area (Å²) in [5.74, 6) is 0.254. The molecule has 0 atom stereocenters. The summed E-state index contributed by atoms with van der Waals surface area (Å²) in [6, 6.07) is 5.43. The van der Waals surface area contributed by atoms with Crippen LogP contribution in [0.25, 0.3) is 0 Å². The van der Waals surface area contributed by atoms with Crippen molar-refractivity contribution in [1.29, 1.82) is 0 Å². The van der Waals surface area contributed by atoms with Gasteiger partial charge in [-0.1, -0.05) is 36.0 Å². The number of anilines is 1. The van der Waals surface area contributed by atoms with E-state index in [2.05, 4.69) is 4.90 Å². The van der Waals surface area contributed by atoms with Crippen LogP contribution in [0.4, 0.5) is 5.69 Å². The highest BCUT2D eigenvalue weighted by molar-refractivity contribution is 6.35. The minimum absolute atomic E-state index is 0.233. The molecule has 7 heteroatoms. The molecule has 1 aliphatic carbocycles. The number of piperazine rings is 1. The Labute approximate surface area is 177 Å². The Bertz CT molecular complexity index is 728. The van der Waals surface area contributed by atoms with Crippen LogP contribution < -0.4 is 4.90 Å². The SMILES string of the molecule is O=C1CC2(CCCC2)CCN1CC[N+]1([O-])CCN(c2cc(Cl)ccc2Cl)CC1. The third-order valence-corrected chi connectivity index (χ3v) is 7.59. The van der Waals surface area contributed by atoms with Crippen LogP contribution in [0.1, 0.15) is 38.5 Å². The Kier molecular flexibility index (Phi) is 5.81. The molecule has 3 aliphatic rings. The molecule has 0 radical (unpaired) electrons. The summed E-state index contributed by atoms with van der Waals surface area (Å²) in [5, 5.41) is 14.5. The van der Waals surface area contributed by atoms with Gasteiger partial charge in [-0.25, -0.2) is 0 Å². The minimum Gasteiger partial charge on any atom is -0.633 e. The van der Waals surface area contributed by atoms with Crippen LogP contribution in [-0.2, 0) is 4.79 Å². The van der Waals surface area contributed by atoms with E-state index in [0.717, 1.165) is 18.7 Å². The van der Waals surface area contributed by atoms with E-state index < -0.39 is 0 Å². The summed E-state index contributed by atoms with van der Waals surface area (Å²) >= 11 is 12.4. The molecule has 2 aliphatic heterocycles. The molecule has 1 spiro atoms. The van der Waals surface area contributed by atoms with Crippen LogP contribution in [-0.4, -0.2) is 61.3 Å². The molecule has 0 bridgehead atoms. The maximum Gasteiger partial charge on any atom is 0.223 e. The predicted octanol–water partition coefficient (Wildman–Crippen LogP) is 4.31.